The van der Waals surface area contributed by atoms with Crippen molar-refractivity contribution in [3.05, 3.63) is 46.5 Å². The minimum Gasteiger partial charge on any atom is -0.352 e. The van der Waals surface area contributed by atoms with E-state index in [1.807, 2.05) is 13.8 Å². The Bertz CT molecular complexity index is 586. The van der Waals surface area contributed by atoms with Crippen LogP contribution in [-0.2, 0) is 13.0 Å². The van der Waals surface area contributed by atoms with E-state index in [0.717, 1.165) is 23.4 Å². The number of amides is 1. The topological polar surface area (TPSA) is 96.7 Å². The Hall–Kier alpha value is -2.21. The highest BCUT2D eigenvalue weighted by atomic mass is 16.1. The molecule has 0 saturated carbocycles. The third-order valence-corrected chi connectivity index (χ3v) is 3.23. The molecular weight excluding hydrogens is 254 g/mol. The highest BCUT2D eigenvalue weighted by Crippen LogP contribution is 2.09. The van der Waals surface area contributed by atoms with Crippen molar-refractivity contribution < 1.29 is 4.79 Å². The third kappa shape index (κ3) is 3.21. The molecule has 6 nitrogen and oxygen atoms in total. The Kier molecular flexibility index (Phi) is 4.47. The van der Waals surface area contributed by atoms with E-state index in [0.29, 0.717) is 24.3 Å². The molecule has 6 heteroatoms. The molecule has 106 valence electrons. The zero-order valence-corrected chi connectivity index (χ0v) is 11.7. The van der Waals surface area contributed by atoms with Gasteiger partial charge in [-0.2, -0.15) is 5.10 Å². The first kappa shape index (κ1) is 14.2. The van der Waals surface area contributed by atoms with Crippen LogP contribution in [0.2, 0.25) is 0 Å². The van der Waals surface area contributed by atoms with Gasteiger partial charge in [0.15, 0.2) is 0 Å². The summed E-state index contributed by atoms with van der Waals surface area (Å²) >= 11 is 0. The summed E-state index contributed by atoms with van der Waals surface area (Å²) in [6, 6.07) is 3.40. The second-order valence-corrected chi connectivity index (χ2v) is 4.66. The Morgan fingerprint density at radius 2 is 2.25 bits per heavy atom. The summed E-state index contributed by atoms with van der Waals surface area (Å²) in [5, 5.41) is 9.97. The lowest BCUT2D eigenvalue weighted by Crippen LogP contribution is -2.26. The van der Waals surface area contributed by atoms with Crippen LogP contribution in [0.5, 0.6) is 0 Å². The standard InChI is InChI=1S/C14H19N5O/c1-9-13(10(2)19-18-9)4-6-17-14(20)11-3-5-16-12(7-11)8-15/h3,5,7H,4,6,8,15H2,1-2H3,(H,17,20)(H,18,19). The zero-order chi connectivity index (χ0) is 14.5. The van der Waals surface area contributed by atoms with E-state index in [9.17, 15) is 4.79 Å². The van der Waals surface area contributed by atoms with Gasteiger partial charge in [-0.15, -0.1) is 0 Å². The van der Waals surface area contributed by atoms with Gasteiger partial charge in [-0.05, 0) is 38.0 Å². The number of rotatable bonds is 5. The van der Waals surface area contributed by atoms with Gasteiger partial charge >= 0.3 is 0 Å². The van der Waals surface area contributed by atoms with E-state index in [1.54, 1.807) is 18.3 Å². The lowest BCUT2D eigenvalue weighted by atomic mass is 10.1. The van der Waals surface area contributed by atoms with Crippen LogP contribution >= 0.6 is 0 Å². The molecule has 2 aromatic heterocycles. The fourth-order valence-electron chi connectivity index (χ4n) is 2.08. The molecule has 0 spiro atoms. The first-order valence-electron chi connectivity index (χ1n) is 6.55. The largest absolute Gasteiger partial charge is 0.352 e. The molecule has 0 aromatic carbocycles. The van der Waals surface area contributed by atoms with Crippen molar-refractivity contribution in [2.24, 2.45) is 5.73 Å². The first-order valence-corrected chi connectivity index (χ1v) is 6.55. The number of nitrogens with zero attached hydrogens (tertiary/aromatic N) is 2. The predicted octanol–water partition coefficient (Wildman–Crippen LogP) is 0.853. The van der Waals surface area contributed by atoms with Crippen LogP contribution in [0, 0.1) is 13.8 Å². The van der Waals surface area contributed by atoms with Gasteiger partial charge in [0.2, 0.25) is 0 Å². The number of aryl methyl sites for hydroxylation is 2. The summed E-state index contributed by atoms with van der Waals surface area (Å²) < 4.78 is 0. The number of carbonyl (C=O) groups is 1. The summed E-state index contributed by atoms with van der Waals surface area (Å²) in [6.07, 6.45) is 2.36. The van der Waals surface area contributed by atoms with Crippen LogP contribution in [0.3, 0.4) is 0 Å². The molecule has 0 saturated heterocycles. The second-order valence-electron chi connectivity index (χ2n) is 4.66. The summed E-state index contributed by atoms with van der Waals surface area (Å²) in [6.45, 7) is 4.83. The molecule has 0 fully saturated rings. The first-order chi connectivity index (χ1) is 9.61. The maximum absolute atomic E-state index is 12.0. The molecule has 0 aliphatic heterocycles. The molecule has 2 aromatic rings. The van der Waals surface area contributed by atoms with Gasteiger partial charge in [0.25, 0.3) is 5.91 Å². The molecule has 20 heavy (non-hydrogen) atoms. The molecule has 4 N–H and O–H groups in total. The number of nitrogens with one attached hydrogen (secondary N) is 2. The van der Waals surface area contributed by atoms with E-state index in [4.69, 9.17) is 5.73 Å². The second kappa shape index (κ2) is 6.29. The van der Waals surface area contributed by atoms with E-state index in [2.05, 4.69) is 20.5 Å². The average Bonchev–Trinajstić information content (AvgIpc) is 2.79. The molecule has 2 rings (SSSR count). The summed E-state index contributed by atoms with van der Waals surface area (Å²) in [7, 11) is 0. The van der Waals surface area contributed by atoms with Gasteiger partial charge in [-0.25, -0.2) is 0 Å². The monoisotopic (exact) mass is 273 g/mol. The Balaban J connectivity index is 1.92. The van der Waals surface area contributed by atoms with Gasteiger partial charge in [0.05, 0.1) is 11.4 Å². The predicted molar refractivity (Wildman–Crippen MR) is 76.2 cm³/mol. The normalized spacial score (nSPS) is 10.6. The van der Waals surface area contributed by atoms with Gasteiger partial charge in [-0.3, -0.25) is 14.9 Å². The van der Waals surface area contributed by atoms with Crippen LogP contribution in [-0.4, -0.2) is 27.6 Å². The van der Waals surface area contributed by atoms with Gasteiger partial charge < -0.3 is 11.1 Å². The molecule has 0 radical (unpaired) electrons. The maximum Gasteiger partial charge on any atom is 0.251 e. The Morgan fingerprint density at radius 1 is 1.45 bits per heavy atom. The fourth-order valence-corrected chi connectivity index (χ4v) is 2.08. The van der Waals surface area contributed by atoms with Crippen molar-refractivity contribution in [1.82, 2.24) is 20.5 Å². The fraction of sp³-hybridized carbons (Fsp3) is 0.357. The number of hydrogen-bond acceptors (Lipinski definition) is 4. The molecule has 0 bridgehead atoms. The smallest absolute Gasteiger partial charge is 0.251 e. The summed E-state index contributed by atoms with van der Waals surface area (Å²) in [4.78, 5) is 16.1. The maximum atomic E-state index is 12.0. The van der Waals surface area contributed by atoms with Crippen LogP contribution < -0.4 is 11.1 Å². The molecule has 2 heterocycles. The van der Waals surface area contributed by atoms with Crippen LogP contribution in [0.1, 0.15) is 33.0 Å². The van der Waals surface area contributed by atoms with Crippen LogP contribution in [0.4, 0.5) is 0 Å². The third-order valence-electron chi connectivity index (χ3n) is 3.23. The molecule has 0 aliphatic rings. The number of pyridine rings is 1. The van der Waals surface area contributed by atoms with Crippen molar-refractivity contribution in [3.8, 4) is 0 Å². The van der Waals surface area contributed by atoms with E-state index in [-0.39, 0.29) is 5.91 Å². The number of hydrogen-bond donors (Lipinski definition) is 3. The number of carbonyl (C=O) groups excluding carboxylic acids is 1. The summed E-state index contributed by atoms with van der Waals surface area (Å²) in [5.74, 6) is -0.110. The number of nitrogens with two attached hydrogens (primary N) is 1. The molecular formula is C14H19N5O. The van der Waals surface area contributed by atoms with Crippen molar-refractivity contribution in [1.29, 1.82) is 0 Å². The van der Waals surface area contributed by atoms with Crippen molar-refractivity contribution in [2.75, 3.05) is 6.54 Å². The molecule has 0 unspecified atom stereocenters. The number of H-pyrrole nitrogens is 1. The quantitative estimate of drug-likeness (QED) is 0.752. The van der Waals surface area contributed by atoms with Gasteiger partial charge in [0, 0.05) is 30.5 Å². The molecule has 1 amide bonds. The van der Waals surface area contributed by atoms with Crippen molar-refractivity contribution in [3.63, 3.8) is 0 Å². The zero-order valence-electron chi connectivity index (χ0n) is 11.7. The minimum atomic E-state index is -0.110. The highest BCUT2D eigenvalue weighted by molar-refractivity contribution is 5.94. The highest BCUT2D eigenvalue weighted by Gasteiger charge is 2.09. The Labute approximate surface area is 117 Å². The van der Waals surface area contributed by atoms with Crippen LogP contribution in [0.15, 0.2) is 18.3 Å². The van der Waals surface area contributed by atoms with Gasteiger partial charge in [0.1, 0.15) is 0 Å². The SMILES string of the molecule is Cc1n[nH]c(C)c1CCNC(=O)c1ccnc(CN)c1. The van der Waals surface area contributed by atoms with Crippen molar-refractivity contribution >= 4 is 5.91 Å². The van der Waals surface area contributed by atoms with E-state index >= 15 is 0 Å². The average molecular weight is 273 g/mol. The number of aromatic amines is 1. The van der Waals surface area contributed by atoms with E-state index < -0.39 is 0 Å². The molecule has 0 atom stereocenters. The minimum absolute atomic E-state index is 0.110. The van der Waals surface area contributed by atoms with Gasteiger partial charge in [-0.1, -0.05) is 0 Å². The van der Waals surface area contributed by atoms with E-state index in [1.165, 1.54) is 0 Å². The lowest BCUT2D eigenvalue weighted by Gasteiger charge is -2.06. The lowest BCUT2D eigenvalue weighted by molar-refractivity contribution is 0.0954. The van der Waals surface area contributed by atoms with Crippen molar-refractivity contribution in [2.45, 2.75) is 26.8 Å². The number of aromatic nitrogens is 3. The van der Waals surface area contributed by atoms with Crippen LogP contribution in [0.25, 0.3) is 0 Å². The summed E-state index contributed by atoms with van der Waals surface area (Å²) in [5.41, 5.74) is 9.98. The molecule has 0 aliphatic carbocycles. The Morgan fingerprint density at radius 3 is 2.90 bits per heavy atom.